The summed E-state index contributed by atoms with van der Waals surface area (Å²) >= 11 is 0. The van der Waals surface area contributed by atoms with Gasteiger partial charge in [-0.05, 0) is 57.6 Å². The van der Waals surface area contributed by atoms with E-state index in [-0.39, 0.29) is 0 Å². The molecule has 1 nitrogen and oxygen atoms in total. The van der Waals surface area contributed by atoms with Crippen molar-refractivity contribution in [3.63, 3.8) is 0 Å². The van der Waals surface area contributed by atoms with Crippen LogP contribution in [0.4, 0.5) is 0 Å². The van der Waals surface area contributed by atoms with E-state index < -0.39 is 0 Å². The first kappa shape index (κ1) is 20.4. The molecule has 0 radical (unpaired) electrons. The highest BCUT2D eigenvalue weighted by atomic mass is 31.1. The second-order valence-corrected chi connectivity index (χ2v) is 9.04. The highest BCUT2D eigenvalue weighted by Gasteiger charge is 2.05. The van der Waals surface area contributed by atoms with Gasteiger partial charge in [0.25, 0.3) is 0 Å². The molecule has 2 heteroatoms. The fraction of sp³-hybridized carbons (Fsp3) is 1.00. The van der Waals surface area contributed by atoms with Gasteiger partial charge < -0.3 is 5.32 Å². The zero-order valence-electron chi connectivity index (χ0n) is 14.7. The third-order valence-electron chi connectivity index (χ3n) is 4.28. The molecule has 0 bridgehead atoms. The second-order valence-electron chi connectivity index (χ2n) is 6.17. The van der Waals surface area contributed by atoms with E-state index in [0.29, 0.717) is 14.0 Å². The summed E-state index contributed by atoms with van der Waals surface area (Å²) in [5, 5.41) is 3.60. The average Bonchev–Trinajstić information content (AvgIpc) is 2.47. The minimum atomic E-state index is 0.354. The molecule has 0 rings (SSSR count). The van der Waals surface area contributed by atoms with Crippen LogP contribution in [0.1, 0.15) is 85.5 Å². The predicted molar refractivity (Wildman–Crippen MR) is 97.6 cm³/mol. The van der Waals surface area contributed by atoms with E-state index in [9.17, 15) is 0 Å². The molecule has 0 amide bonds. The summed E-state index contributed by atoms with van der Waals surface area (Å²) in [4.78, 5) is 0. The summed E-state index contributed by atoms with van der Waals surface area (Å²) in [5.41, 5.74) is 0. The van der Waals surface area contributed by atoms with Crippen molar-refractivity contribution in [3.05, 3.63) is 0 Å². The van der Waals surface area contributed by atoms with Crippen LogP contribution in [-0.4, -0.2) is 31.1 Å². The first-order valence-corrected chi connectivity index (χ1v) is 11.1. The molecule has 0 aliphatic rings. The number of hydrogen-bond donors (Lipinski definition) is 1. The average molecular weight is 301 g/mol. The normalized spacial score (nSPS) is 14.4. The van der Waals surface area contributed by atoms with Gasteiger partial charge in [0.15, 0.2) is 0 Å². The summed E-state index contributed by atoms with van der Waals surface area (Å²) in [7, 11) is 0.354. The molecule has 0 aliphatic carbocycles. The number of hydrogen-bond acceptors (Lipinski definition) is 1. The Morgan fingerprint density at radius 3 is 2.00 bits per heavy atom. The standard InChI is InChI=1S/C18H40NP/c1-5-8-9-10-11-13-16-20(7-3)17-14-12-15-19-18(4)6-2/h18-19H,5-17H2,1-4H3. The Balaban J connectivity index is 3.38. The van der Waals surface area contributed by atoms with E-state index >= 15 is 0 Å². The lowest BCUT2D eigenvalue weighted by Crippen LogP contribution is -2.26. The van der Waals surface area contributed by atoms with Gasteiger partial charge >= 0.3 is 0 Å². The minimum absolute atomic E-state index is 0.354. The van der Waals surface area contributed by atoms with Crippen LogP contribution in [0, 0.1) is 0 Å². The molecular weight excluding hydrogens is 261 g/mol. The molecule has 0 heterocycles. The lowest BCUT2D eigenvalue weighted by molar-refractivity contribution is 0.522. The topological polar surface area (TPSA) is 12.0 Å². The molecule has 0 fully saturated rings. The summed E-state index contributed by atoms with van der Waals surface area (Å²) in [6.07, 6.45) is 17.3. The molecule has 122 valence electrons. The van der Waals surface area contributed by atoms with Crippen molar-refractivity contribution in [2.45, 2.75) is 91.5 Å². The van der Waals surface area contributed by atoms with E-state index in [4.69, 9.17) is 0 Å². The predicted octanol–water partition coefficient (Wildman–Crippen LogP) is 6.02. The number of unbranched alkanes of at least 4 members (excludes halogenated alkanes) is 6. The van der Waals surface area contributed by atoms with Gasteiger partial charge in [-0.2, -0.15) is 0 Å². The fourth-order valence-corrected chi connectivity index (χ4v) is 4.69. The quantitative estimate of drug-likeness (QED) is 0.288. The third-order valence-corrected chi connectivity index (χ3v) is 7.07. The molecule has 0 aromatic carbocycles. The van der Waals surface area contributed by atoms with Gasteiger partial charge in [0.1, 0.15) is 0 Å². The van der Waals surface area contributed by atoms with E-state index in [2.05, 4.69) is 33.0 Å². The van der Waals surface area contributed by atoms with Gasteiger partial charge in [0.05, 0.1) is 0 Å². The first-order valence-electron chi connectivity index (χ1n) is 9.20. The van der Waals surface area contributed by atoms with Crippen molar-refractivity contribution >= 4 is 7.92 Å². The summed E-state index contributed by atoms with van der Waals surface area (Å²) in [6, 6.07) is 0.700. The molecule has 2 unspecified atom stereocenters. The van der Waals surface area contributed by atoms with Gasteiger partial charge in [0.2, 0.25) is 0 Å². The van der Waals surface area contributed by atoms with Crippen LogP contribution in [0.3, 0.4) is 0 Å². The Morgan fingerprint density at radius 2 is 1.40 bits per heavy atom. The lowest BCUT2D eigenvalue weighted by Gasteiger charge is -2.16. The molecular formula is C18H40NP. The zero-order chi connectivity index (χ0) is 15.1. The SMILES string of the molecule is CCCCCCCCP(CC)CCCCNC(C)CC. The Hall–Kier alpha value is 0.390. The van der Waals surface area contributed by atoms with E-state index in [0.717, 1.165) is 0 Å². The molecule has 0 aromatic heterocycles. The fourth-order valence-electron chi connectivity index (χ4n) is 2.50. The smallest absolute Gasteiger partial charge is 0.00360 e. The van der Waals surface area contributed by atoms with E-state index in [1.54, 1.807) is 0 Å². The highest BCUT2D eigenvalue weighted by molar-refractivity contribution is 7.57. The van der Waals surface area contributed by atoms with Gasteiger partial charge in [-0.25, -0.2) is 0 Å². The van der Waals surface area contributed by atoms with Crippen LogP contribution >= 0.6 is 7.92 Å². The molecule has 20 heavy (non-hydrogen) atoms. The number of nitrogens with one attached hydrogen (secondary N) is 1. The van der Waals surface area contributed by atoms with E-state index in [1.165, 1.54) is 82.8 Å². The van der Waals surface area contributed by atoms with Gasteiger partial charge in [-0.1, -0.05) is 52.9 Å². The number of rotatable bonds is 15. The molecule has 0 saturated heterocycles. The maximum atomic E-state index is 3.60. The third kappa shape index (κ3) is 13.4. The van der Waals surface area contributed by atoms with Crippen LogP contribution in [0.15, 0.2) is 0 Å². The molecule has 1 N–H and O–H groups in total. The Kier molecular flexibility index (Phi) is 16.1. The molecule has 0 aromatic rings. The Morgan fingerprint density at radius 1 is 0.800 bits per heavy atom. The van der Waals surface area contributed by atoms with Gasteiger partial charge in [-0.3, -0.25) is 0 Å². The van der Waals surface area contributed by atoms with Crippen molar-refractivity contribution in [2.75, 3.05) is 25.0 Å². The maximum Gasteiger partial charge on any atom is 0.00360 e. The van der Waals surface area contributed by atoms with Crippen LogP contribution in [0.5, 0.6) is 0 Å². The molecule has 0 saturated carbocycles. The van der Waals surface area contributed by atoms with Crippen molar-refractivity contribution in [3.8, 4) is 0 Å². The Labute approximate surface area is 130 Å². The lowest BCUT2D eigenvalue weighted by atomic mass is 10.1. The first-order chi connectivity index (χ1) is 9.74. The maximum absolute atomic E-state index is 3.60. The van der Waals surface area contributed by atoms with Crippen molar-refractivity contribution in [2.24, 2.45) is 0 Å². The monoisotopic (exact) mass is 301 g/mol. The van der Waals surface area contributed by atoms with Gasteiger partial charge in [0, 0.05) is 6.04 Å². The minimum Gasteiger partial charge on any atom is -0.314 e. The largest absolute Gasteiger partial charge is 0.314 e. The highest BCUT2D eigenvalue weighted by Crippen LogP contribution is 2.37. The Bertz CT molecular complexity index is 184. The van der Waals surface area contributed by atoms with Crippen LogP contribution < -0.4 is 5.32 Å². The second kappa shape index (κ2) is 15.8. The summed E-state index contributed by atoms with van der Waals surface area (Å²) in [5.74, 6) is 0. The summed E-state index contributed by atoms with van der Waals surface area (Å²) < 4.78 is 0. The zero-order valence-corrected chi connectivity index (χ0v) is 15.6. The van der Waals surface area contributed by atoms with E-state index in [1.807, 2.05) is 0 Å². The molecule has 0 aliphatic heterocycles. The van der Waals surface area contributed by atoms with Crippen LogP contribution in [-0.2, 0) is 0 Å². The summed E-state index contributed by atoms with van der Waals surface area (Å²) in [6.45, 7) is 10.5. The van der Waals surface area contributed by atoms with Crippen molar-refractivity contribution in [1.82, 2.24) is 5.32 Å². The van der Waals surface area contributed by atoms with Crippen LogP contribution in [0.25, 0.3) is 0 Å². The van der Waals surface area contributed by atoms with Crippen LogP contribution in [0.2, 0.25) is 0 Å². The van der Waals surface area contributed by atoms with Crippen molar-refractivity contribution in [1.29, 1.82) is 0 Å². The van der Waals surface area contributed by atoms with Gasteiger partial charge in [-0.15, -0.1) is 7.92 Å². The van der Waals surface area contributed by atoms with Crippen molar-refractivity contribution < 1.29 is 0 Å². The molecule has 2 atom stereocenters. The molecule has 0 spiro atoms.